The average Bonchev–Trinajstić information content (AvgIpc) is 2.29. The van der Waals surface area contributed by atoms with Crippen LogP contribution in [0.5, 0.6) is 0 Å². The molecule has 0 radical (unpaired) electrons. The lowest BCUT2D eigenvalue weighted by Crippen LogP contribution is -2.46. The lowest BCUT2D eigenvalue weighted by Gasteiger charge is -2.30. The van der Waals surface area contributed by atoms with Crippen LogP contribution in [0.4, 0.5) is 0 Å². The van der Waals surface area contributed by atoms with Gasteiger partial charge >= 0.3 is 0 Å². The standard InChI is InChI=1S/C12H16ClN3O/c1-16-6-2-3-9(8-16)15-12(17)10-7-14-5-4-11(10)13/h4-5,7,9H,2-3,6,8H2,1H3,(H,15,17). The summed E-state index contributed by atoms with van der Waals surface area (Å²) >= 11 is 5.95. The quantitative estimate of drug-likeness (QED) is 0.870. The highest BCUT2D eigenvalue weighted by Crippen LogP contribution is 2.14. The van der Waals surface area contributed by atoms with Crippen LogP contribution in [0.25, 0.3) is 0 Å². The lowest BCUT2D eigenvalue weighted by atomic mass is 10.1. The van der Waals surface area contributed by atoms with Crippen LogP contribution in [0.2, 0.25) is 5.02 Å². The van der Waals surface area contributed by atoms with Gasteiger partial charge in [0.15, 0.2) is 0 Å². The minimum Gasteiger partial charge on any atom is -0.348 e. The third-order valence-corrected chi connectivity index (χ3v) is 3.30. The van der Waals surface area contributed by atoms with E-state index >= 15 is 0 Å². The van der Waals surface area contributed by atoms with E-state index in [1.54, 1.807) is 12.3 Å². The molecule has 2 heterocycles. The van der Waals surface area contributed by atoms with Crippen molar-refractivity contribution in [3.05, 3.63) is 29.0 Å². The van der Waals surface area contributed by atoms with Crippen LogP contribution in [0.15, 0.2) is 18.5 Å². The van der Waals surface area contributed by atoms with Gasteiger partial charge in [-0.25, -0.2) is 0 Å². The zero-order chi connectivity index (χ0) is 12.3. The highest BCUT2D eigenvalue weighted by atomic mass is 35.5. The third-order valence-electron chi connectivity index (χ3n) is 2.97. The number of likely N-dealkylation sites (N-methyl/N-ethyl adjacent to an activating group) is 1. The fourth-order valence-corrected chi connectivity index (χ4v) is 2.28. The molecule has 92 valence electrons. The van der Waals surface area contributed by atoms with Gasteiger partial charge in [0.25, 0.3) is 5.91 Å². The van der Waals surface area contributed by atoms with Crippen molar-refractivity contribution in [2.45, 2.75) is 18.9 Å². The van der Waals surface area contributed by atoms with E-state index in [9.17, 15) is 4.79 Å². The summed E-state index contributed by atoms with van der Waals surface area (Å²) in [6.45, 7) is 1.99. The summed E-state index contributed by atoms with van der Waals surface area (Å²) in [5.74, 6) is -0.136. The van der Waals surface area contributed by atoms with E-state index in [2.05, 4.69) is 22.2 Å². The van der Waals surface area contributed by atoms with Gasteiger partial charge in [-0.3, -0.25) is 9.78 Å². The number of carbonyl (C=O) groups excluding carboxylic acids is 1. The van der Waals surface area contributed by atoms with Crippen molar-refractivity contribution >= 4 is 17.5 Å². The van der Waals surface area contributed by atoms with Gasteiger partial charge in [-0.15, -0.1) is 0 Å². The van der Waals surface area contributed by atoms with E-state index in [-0.39, 0.29) is 11.9 Å². The average molecular weight is 254 g/mol. The molecule has 1 unspecified atom stereocenters. The SMILES string of the molecule is CN1CCCC(NC(=O)c2cnccc2Cl)C1. The number of likely N-dealkylation sites (tertiary alicyclic amines) is 1. The summed E-state index contributed by atoms with van der Waals surface area (Å²) in [6.07, 6.45) is 5.22. The minimum atomic E-state index is -0.136. The Bertz CT molecular complexity index is 410. The van der Waals surface area contributed by atoms with E-state index in [4.69, 9.17) is 11.6 Å². The Morgan fingerprint density at radius 2 is 2.47 bits per heavy atom. The van der Waals surface area contributed by atoms with Crippen molar-refractivity contribution in [1.29, 1.82) is 0 Å². The molecule has 1 aliphatic heterocycles. The van der Waals surface area contributed by atoms with Gasteiger partial charge in [-0.05, 0) is 32.5 Å². The zero-order valence-electron chi connectivity index (χ0n) is 9.82. The van der Waals surface area contributed by atoms with Crippen molar-refractivity contribution in [3.8, 4) is 0 Å². The van der Waals surface area contributed by atoms with Crippen LogP contribution < -0.4 is 5.32 Å². The molecule has 0 aromatic carbocycles. The van der Waals surface area contributed by atoms with Gasteiger partial charge in [0.05, 0.1) is 10.6 Å². The van der Waals surface area contributed by atoms with Crippen LogP contribution in [0.3, 0.4) is 0 Å². The first-order valence-electron chi connectivity index (χ1n) is 5.76. The predicted octanol–water partition coefficient (Wildman–Crippen LogP) is 1.56. The second-order valence-electron chi connectivity index (χ2n) is 4.43. The molecule has 1 saturated heterocycles. The highest BCUT2D eigenvalue weighted by Gasteiger charge is 2.20. The van der Waals surface area contributed by atoms with Gasteiger partial charge in [0.2, 0.25) is 0 Å². The van der Waals surface area contributed by atoms with Crippen LogP contribution in [-0.2, 0) is 0 Å². The zero-order valence-corrected chi connectivity index (χ0v) is 10.6. The second-order valence-corrected chi connectivity index (χ2v) is 4.84. The van der Waals surface area contributed by atoms with Gasteiger partial charge in [0.1, 0.15) is 0 Å². The minimum absolute atomic E-state index is 0.136. The molecule has 0 aliphatic carbocycles. The Hall–Kier alpha value is -1.13. The second kappa shape index (κ2) is 5.47. The molecule has 0 bridgehead atoms. The first-order chi connectivity index (χ1) is 8.16. The number of rotatable bonds is 2. The summed E-state index contributed by atoms with van der Waals surface area (Å²) < 4.78 is 0. The normalized spacial score (nSPS) is 21.2. The molecule has 1 aromatic rings. The van der Waals surface area contributed by atoms with E-state index in [0.717, 1.165) is 25.9 Å². The molecule has 0 saturated carbocycles. The molecule has 1 aromatic heterocycles. The van der Waals surface area contributed by atoms with E-state index < -0.39 is 0 Å². The molecule has 1 atom stereocenters. The van der Waals surface area contributed by atoms with Crippen LogP contribution in [-0.4, -0.2) is 42.0 Å². The van der Waals surface area contributed by atoms with Crippen molar-refractivity contribution in [3.63, 3.8) is 0 Å². The van der Waals surface area contributed by atoms with Crippen LogP contribution in [0, 0.1) is 0 Å². The summed E-state index contributed by atoms with van der Waals surface area (Å²) in [5.41, 5.74) is 0.447. The van der Waals surface area contributed by atoms with E-state index in [0.29, 0.717) is 10.6 Å². The van der Waals surface area contributed by atoms with Gasteiger partial charge in [-0.1, -0.05) is 11.6 Å². The molecule has 4 nitrogen and oxygen atoms in total. The molecule has 1 aliphatic rings. The topological polar surface area (TPSA) is 45.2 Å². The number of carbonyl (C=O) groups is 1. The predicted molar refractivity (Wildman–Crippen MR) is 67.2 cm³/mol. The summed E-state index contributed by atoms with van der Waals surface area (Å²) in [5, 5.41) is 3.45. The van der Waals surface area contributed by atoms with Crippen molar-refractivity contribution in [1.82, 2.24) is 15.2 Å². The maximum atomic E-state index is 12.0. The Kier molecular flexibility index (Phi) is 3.97. The number of amides is 1. The van der Waals surface area contributed by atoms with Crippen molar-refractivity contribution < 1.29 is 4.79 Å². The third kappa shape index (κ3) is 3.17. The summed E-state index contributed by atoms with van der Waals surface area (Å²) in [4.78, 5) is 18.1. The fourth-order valence-electron chi connectivity index (χ4n) is 2.09. The molecular formula is C12H16ClN3O. The Morgan fingerprint density at radius 1 is 1.65 bits per heavy atom. The molecule has 1 fully saturated rings. The van der Waals surface area contributed by atoms with Gasteiger partial charge < -0.3 is 10.2 Å². The summed E-state index contributed by atoms with van der Waals surface area (Å²) in [6, 6.07) is 1.83. The summed E-state index contributed by atoms with van der Waals surface area (Å²) in [7, 11) is 2.06. The number of nitrogens with zero attached hydrogens (tertiary/aromatic N) is 2. The largest absolute Gasteiger partial charge is 0.348 e. The molecular weight excluding hydrogens is 238 g/mol. The van der Waals surface area contributed by atoms with E-state index in [1.807, 2.05) is 0 Å². The lowest BCUT2D eigenvalue weighted by molar-refractivity contribution is 0.0912. The number of hydrogen-bond donors (Lipinski definition) is 1. The molecule has 17 heavy (non-hydrogen) atoms. The van der Waals surface area contributed by atoms with Gasteiger partial charge in [-0.2, -0.15) is 0 Å². The maximum Gasteiger partial charge on any atom is 0.254 e. The van der Waals surface area contributed by atoms with E-state index in [1.165, 1.54) is 6.20 Å². The highest BCUT2D eigenvalue weighted by molar-refractivity contribution is 6.33. The number of nitrogens with one attached hydrogen (secondary N) is 1. The molecule has 1 N–H and O–H groups in total. The monoisotopic (exact) mass is 253 g/mol. The molecule has 2 rings (SSSR count). The van der Waals surface area contributed by atoms with Crippen LogP contribution in [0.1, 0.15) is 23.2 Å². The number of aromatic nitrogens is 1. The maximum absolute atomic E-state index is 12.0. The first-order valence-corrected chi connectivity index (χ1v) is 6.13. The van der Waals surface area contributed by atoms with Crippen molar-refractivity contribution in [2.75, 3.05) is 20.1 Å². The Balaban J connectivity index is 1.99. The number of hydrogen-bond acceptors (Lipinski definition) is 3. The van der Waals surface area contributed by atoms with Gasteiger partial charge in [0, 0.05) is 25.0 Å². The first kappa shape index (κ1) is 12.3. The molecule has 5 heteroatoms. The van der Waals surface area contributed by atoms with Crippen LogP contribution >= 0.6 is 11.6 Å². The van der Waals surface area contributed by atoms with Crippen molar-refractivity contribution in [2.24, 2.45) is 0 Å². The Morgan fingerprint density at radius 3 is 3.18 bits per heavy atom. The number of halogens is 1. The molecule has 1 amide bonds. The Labute approximate surface area is 106 Å². The smallest absolute Gasteiger partial charge is 0.254 e. The number of piperidine rings is 1. The fraction of sp³-hybridized carbons (Fsp3) is 0.500. The number of pyridine rings is 1. The molecule has 0 spiro atoms.